The van der Waals surface area contributed by atoms with Gasteiger partial charge >= 0.3 is 6.18 Å². The topological polar surface area (TPSA) is 34.1 Å². The third-order valence-electron chi connectivity index (χ3n) is 4.79. The number of benzene rings is 2. The van der Waals surface area contributed by atoms with Crippen LogP contribution >= 0.6 is 0 Å². The van der Waals surface area contributed by atoms with Crippen molar-refractivity contribution in [2.75, 3.05) is 0 Å². The average molecular weight is 370 g/mol. The lowest BCUT2D eigenvalue weighted by atomic mass is 9.70. The smallest absolute Gasteiger partial charge is 0.293 e. The zero-order chi connectivity index (χ0) is 19.8. The lowest BCUT2D eigenvalue weighted by molar-refractivity contribution is -0.137. The molecule has 0 aromatic heterocycles. The Morgan fingerprint density at radius 1 is 1.04 bits per heavy atom. The fourth-order valence-corrected chi connectivity index (χ4v) is 3.25. The Labute approximate surface area is 155 Å². The van der Waals surface area contributed by atoms with Crippen LogP contribution in [0.1, 0.15) is 40.9 Å². The van der Waals surface area contributed by atoms with Gasteiger partial charge in [-0.1, -0.05) is 42.5 Å². The lowest BCUT2D eigenvalue weighted by Gasteiger charge is -2.31. The molecule has 138 valence electrons. The molecule has 0 unspecified atom stereocenters. The van der Waals surface area contributed by atoms with Gasteiger partial charge in [0.2, 0.25) is 0 Å². The maximum atomic E-state index is 12.8. The van der Waals surface area contributed by atoms with Crippen LogP contribution in [0.2, 0.25) is 0 Å². The highest BCUT2D eigenvalue weighted by Crippen LogP contribution is 2.37. The number of carbonyl (C=O) groups excluding carboxylic acids is 2. The van der Waals surface area contributed by atoms with Crippen molar-refractivity contribution in [1.29, 1.82) is 0 Å². The minimum atomic E-state index is -4.45. The summed E-state index contributed by atoms with van der Waals surface area (Å²) in [5.74, 6) is -0.569. The molecule has 2 aromatic rings. The summed E-state index contributed by atoms with van der Waals surface area (Å²) in [6, 6.07) is 11.4. The number of hydrogen-bond acceptors (Lipinski definition) is 2. The Balaban J connectivity index is 1.92. The number of fused-ring (bicyclic) bond motifs is 1. The van der Waals surface area contributed by atoms with Gasteiger partial charge in [0.1, 0.15) is 0 Å². The van der Waals surface area contributed by atoms with Crippen molar-refractivity contribution in [3.05, 3.63) is 88.5 Å². The van der Waals surface area contributed by atoms with Crippen LogP contribution < -0.4 is 0 Å². The molecule has 1 aliphatic rings. The molecule has 3 rings (SSSR count). The van der Waals surface area contributed by atoms with E-state index in [1.165, 1.54) is 12.2 Å². The van der Waals surface area contributed by atoms with Crippen molar-refractivity contribution in [3.8, 4) is 0 Å². The zero-order valence-corrected chi connectivity index (χ0v) is 14.8. The van der Waals surface area contributed by atoms with Gasteiger partial charge in [-0.15, -0.1) is 0 Å². The summed E-state index contributed by atoms with van der Waals surface area (Å²) in [5.41, 5.74) is 0.596. The first-order chi connectivity index (χ1) is 12.6. The lowest BCUT2D eigenvalue weighted by Crippen LogP contribution is -2.34. The molecule has 0 fully saturated rings. The number of alkyl halides is 3. The number of hydrogen-bond donors (Lipinski definition) is 0. The van der Waals surface area contributed by atoms with E-state index in [-0.39, 0.29) is 11.3 Å². The van der Waals surface area contributed by atoms with E-state index in [2.05, 4.69) is 0 Å². The van der Waals surface area contributed by atoms with Crippen LogP contribution in [0.15, 0.2) is 66.3 Å². The molecular formula is C22H17F3O2. The highest BCUT2D eigenvalue weighted by molar-refractivity contribution is 6.11. The standard InChI is InChI=1S/C22H17F3O2/c1-14-13-16-5-3-4-6-18(16)21(2,20(14)27)12-11-19(26)15-7-9-17(10-8-15)22(23,24)25/h3-13H,1-2H3/b12-11-/t21-/m1/s1. The molecule has 1 atom stereocenters. The highest BCUT2D eigenvalue weighted by atomic mass is 19.4. The van der Waals surface area contributed by atoms with E-state index < -0.39 is 22.9 Å². The molecule has 1 aliphatic carbocycles. The van der Waals surface area contributed by atoms with Crippen molar-refractivity contribution in [1.82, 2.24) is 0 Å². The van der Waals surface area contributed by atoms with Gasteiger partial charge in [0.25, 0.3) is 0 Å². The van der Waals surface area contributed by atoms with Crippen molar-refractivity contribution in [2.24, 2.45) is 0 Å². The monoisotopic (exact) mass is 370 g/mol. The molecule has 2 nitrogen and oxygen atoms in total. The predicted octanol–water partition coefficient (Wildman–Crippen LogP) is 5.39. The van der Waals surface area contributed by atoms with Gasteiger partial charge in [-0.2, -0.15) is 13.2 Å². The Morgan fingerprint density at radius 2 is 1.67 bits per heavy atom. The second-order valence-corrected chi connectivity index (χ2v) is 6.72. The van der Waals surface area contributed by atoms with Crippen molar-refractivity contribution >= 4 is 17.6 Å². The molecule has 2 aromatic carbocycles. The molecule has 0 amide bonds. The normalized spacial score (nSPS) is 19.7. The zero-order valence-electron chi connectivity index (χ0n) is 14.8. The number of rotatable bonds is 3. The molecular weight excluding hydrogens is 353 g/mol. The van der Waals surface area contributed by atoms with Gasteiger partial charge in [-0.3, -0.25) is 9.59 Å². The van der Waals surface area contributed by atoms with Crippen LogP contribution in [0.5, 0.6) is 0 Å². The van der Waals surface area contributed by atoms with Crippen molar-refractivity contribution < 1.29 is 22.8 Å². The largest absolute Gasteiger partial charge is 0.416 e. The third kappa shape index (κ3) is 3.50. The number of allylic oxidation sites excluding steroid dienone is 3. The van der Waals surface area contributed by atoms with Gasteiger partial charge in [-0.25, -0.2) is 0 Å². The van der Waals surface area contributed by atoms with Gasteiger partial charge in [0, 0.05) is 5.56 Å². The van der Waals surface area contributed by atoms with E-state index in [1.807, 2.05) is 30.3 Å². The summed E-state index contributed by atoms with van der Waals surface area (Å²) in [6.07, 6.45) is 0.151. The fourth-order valence-electron chi connectivity index (χ4n) is 3.25. The Morgan fingerprint density at radius 3 is 2.30 bits per heavy atom. The molecule has 0 saturated heterocycles. The van der Waals surface area contributed by atoms with E-state index in [4.69, 9.17) is 0 Å². The van der Waals surface area contributed by atoms with Crippen LogP contribution in [0.3, 0.4) is 0 Å². The first-order valence-corrected chi connectivity index (χ1v) is 8.36. The highest BCUT2D eigenvalue weighted by Gasteiger charge is 2.37. The molecule has 0 N–H and O–H groups in total. The molecule has 27 heavy (non-hydrogen) atoms. The van der Waals surface area contributed by atoms with Crippen LogP contribution in [-0.2, 0) is 16.4 Å². The first-order valence-electron chi connectivity index (χ1n) is 8.36. The minimum Gasteiger partial charge on any atom is -0.293 e. The van der Waals surface area contributed by atoms with Gasteiger partial charge in [0.05, 0.1) is 11.0 Å². The van der Waals surface area contributed by atoms with Crippen LogP contribution in [0.25, 0.3) is 6.08 Å². The van der Waals surface area contributed by atoms with E-state index in [0.717, 1.165) is 35.4 Å². The van der Waals surface area contributed by atoms with E-state index in [1.54, 1.807) is 13.8 Å². The number of ketones is 2. The minimum absolute atomic E-state index is 0.113. The molecule has 0 aliphatic heterocycles. The summed E-state index contributed by atoms with van der Waals surface area (Å²) in [6.45, 7) is 3.46. The quantitative estimate of drug-likeness (QED) is 0.536. The Bertz CT molecular complexity index is 966. The van der Waals surface area contributed by atoms with Gasteiger partial charge < -0.3 is 0 Å². The van der Waals surface area contributed by atoms with Crippen LogP contribution in [0, 0.1) is 0 Å². The Hall–Kier alpha value is -2.95. The molecule has 0 heterocycles. The van der Waals surface area contributed by atoms with E-state index in [9.17, 15) is 22.8 Å². The third-order valence-corrected chi connectivity index (χ3v) is 4.79. The van der Waals surface area contributed by atoms with Gasteiger partial charge in [-0.05, 0) is 54.8 Å². The second kappa shape index (κ2) is 6.65. The molecule has 0 bridgehead atoms. The molecule has 0 saturated carbocycles. The maximum Gasteiger partial charge on any atom is 0.416 e. The van der Waals surface area contributed by atoms with E-state index in [0.29, 0.717) is 5.57 Å². The average Bonchev–Trinajstić information content (AvgIpc) is 2.64. The summed E-state index contributed by atoms with van der Waals surface area (Å²) in [5, 5.41) is 0. The molecule has 0 radical (unpaired) electrons. The summed E-state index contributed by atoms with van der Waals surface area (Å²) >= 11 is 0. The van der Waals surface area contributed by atoms with Crippen molar-refractivity contribution in [2.45, 2.75) is 25.4 Å². The predicted molar refractivity (Wildman–Crippen MR) is 97.4 cm³/mol. The fraction of sp³-hybridized carbons (Fsp3) is 0.182. The van der Waals surface area contributed by atoms with E-state index >= 15 is 0 Å². The maximum absolute atomic E-state index is 12.8. The molecule has 5 heteroatoms. The number of Topliss-reactive ketones (excluding diaryl/α,β-unsaturated/α-hetero) is 1. The SMILES string of the molecule is CC1=Cc2ccccc2[C@@](C)(/C=C\C(=O)c2ccc(C(F)(F)F)cc2)C1=O. The van der Waals surface area contributed by atoms with Crippen LogP contribution in [-0.4, -0.2) is 11.6 Å². The van der Waals surface area contributed by atoms with Crippen LogP contribution in [0.4, 0.5) is 13.2 Å². The Kier molecular flexibility index (Phi) is 4.64. The van der Waals surface area contributed by atoms with Gasteiger partial charge in [0.15, 0.2) is 11.6 Å². The summed E-state index contributed by atoms with van der Waals surface area (Å²) < 4.78 is 37.9. The number of carbonyl (C=O) groups is 2. The summed E-state index contributed by atoms with van der Waals surface area (Å²) in [4.78, 5) is 25.2. The summed E-state index contributed by atoms with van der Waals surface area (Å²) in [7, 11) is 0. The first kappa shape index (κ1) is 18.8. The molecule has 0 spiro atoms. The number of halogens is 3. The second-order valence-electron chi connectivity index (χ2n) is 6.72. The van der Waals surface area contributed by atoms with Crippen molar-refractivity contribution in [3.63, 3.8) is 0 Å².